The summed E-state index contributed by atoms with van der Waals surface area (Å²) in [5.41, 5.74) is 0.472. The normalized spacial score (nSPS) is 12.6. The van der Waals surface area contributed by atoms with Gasteiger partial charge in [-0.15, -0.1) is 11.3 Å². The van der Waals surface area contributed by atoms with Crippen molar-refractivity contribution in [3.8, 4) is 0 Å². The highest BCUT2D eigenvalue weighted by atomic mass is 35.5. The lowest BCUT2D eigenvalue weighted by Gasteiger charge is -2.14. The number of hydrogen-bond acceptors (Lipinski definition) is 8. The fourth-order valence-corrected chi connectivity index (χ4v) is 6.22. The molecular weight excluding hydrogens is 470 g/mol. The van der Waals surface area contributed by atoms with Gasteiger partial charge >= 0.3 is 0 Å². The van der Waals surface area contributed by atoms with E-state index >= 15 is 0 Å². The fraction of sp³-hybridized carbons (Fsp3) is 0.222. The van der Waals surface area contributed by atoms with Gasteiger partial charge < -0.3 is 0 Å². The van der Waals surface area contributed by atoms with Crippen molar-refractivity contribution in [3.63, 3.8) is 0 Å². The topological polar surface area (TPSA) is 119 Å². The number of nitro benzene ring substituents is 1. The molecule has 0 fully saturated rings. The summed E-state index contributed by atoms with van der Waals surface area (Å²) >= 11 is 8.57. The van der Waals surface area contributed by atoms with Crippen molar-refractivity contribution < 1.29 is 18.1 Å². The number of aromatic nitrogens is 1. The predicted molar refractivity (Wildman–Crippen MR) is 118 cm³/mol. The number of rotatable bonds is 8. The lowest BCUT2D eigenvalue weighted by Crippen LogP contribution is -2.37. The van der Waals surface area contributed by atoms with Gasteiger partial charge in [0.15, 0.2) is 4.34 Å². The Morgan fingerprint density at radius 2 is 2.00 bits per heavy atom. The quantitative estimate of drug-likeness (QED) is 0.280. The second kappa shape index (κ2) is 9.29. The minimum Gasteiger partial charge on any atom is -0.273 e. The first-order chi connectivity index (χ1) is 14.2. The molecule has 0 bridgehead atoms. The van der Waals surface area contributed by atoms with Crippen molar-refractivity contribution in [2.24, 2.45) is 0 Å². The molecule has 0 saturated carbocycles. The molecule has 1 amide bonds. The van der Waals surface area contributed by atoms with Gasteiger partial charge in [-0.1, -0.05) is 36.7 Å². The van der Waals surface area contributed by atoms with Crippen LogP contribution in [0.25, 0.3) is 10.2 Å². The van der Waals surface area contributed by atoms with E-state index in [1.807, 2.05) is 13.0 Å². The van der Waals surface area contributed by atoms with E-state index in [1.54, 1.807) is 12.1 Å². The molecule has 0 aliphatic heterocycles. The summed E-state index contributed by atoms with van der Waals surface area (Å²) < 4.78 is 28.7. The molecule has 158 valence electrons. The molecule has 1 unspecified atom stereocenters. The van der Waals surface area contributed by atoms with E-state index in [-0.39, 0.29) is 10.6 Å². The van der Waals surface area contributed by atoms with Crippen molar-refractivity contribution >= 4 is 66.5 Å². The van der Waals surface area contributed by atoms with E-state index < -0.39 is 26.1 Å². The average Bonchev–Trinajstić information content (AvgIpc) is 3.08. The molecule has 0 aliphatic rings. The number of nitro groups is 1. The summed E-state index contributed by atoms with van der Waals surface area (Å²) in [5.74, 6) is -0.669. The Labute approximate surface area is 185 Å². The third-order valence-corrected chi connectivity index (χ3v) is 8.00. The Bertz CT molecular complexity index is 1200. The van der Waals surface area contributed by atoms with Crippen molar-refractivity contribution in [2.45, 2.75) is 34.3 Å². The number of sulfonamides is 1. The second-order valence-electron chi connectivity index (χ2n) is 6.21. The third-order valence-electron chi connectivity index (χ3n) is 4.01. The van der Waals surface area contributed by atoms with Crippen molar-refractivity contribution in [1.82, 2.24) is 9.71 Å². The Kier molecular flexibility index (Phi) is 6.96. The first-order valence-corrected chi connectivity index (χ1v) is 12.3. The van der Waals surface area contributed by atoms with Gasteiger partial charge in [-0.3, -0.25) is 14.9 Å². The van der Waals surface area contributed by atoms with E-state index in [0.717, 1.165) is 29.0 Å². The largest absolute Gasteiger partial charge is 0.273 e. The third kappa shape index (κ3) is 5.28. The molecule has 2 aromatic carbocycles. The first kappa shape index (κ1) is 22.5. The number of thioether (sulfide) groups is 1. The maximum Gasteiger partial charge on any atom is 0.269 e. The molecule has 0 radical (unpaired) electrons. The van der Waals surface area contributed by atoms with Crippen molar-refractivity contribution in [1.29, 1.82) is 0 Å². The number of nitrogens with one attached hydrogen (secondary N) is 1. The number of amides is 1. The van der Waals surface area contributed by atoms with E-state index in [2.05, 4.69) is 9.71 Å². The molecule has 0 spiro atoms. The highest BCUT2D eigenvalue weighted by molar-refractivity contribution is 8.02. The zero-order chi connectivity index (χ0) is 21.9. The van der Waals surface area contributed by atoms with Crippen LogP contribution in [0.5, 0.6) is 0 Å². The van der Waals surface area contributed by atoms with Gasteiger partial charge in [0.2, 0.25) is 5.91 Å². The van der Waals surface area contributed by atoms with E-state index in [0.29, 0.717) is 27.7 Å². The van der Waals surface area contributed by atoms with E-state index in [1.165, 1.54) is 23.1 Å². The minimum atomic E-state index is -4.16. The van der Waals surface area contributed by atoms with E-state index in [9.17, 15) is 23.3 Å². The van der Waals surface area contributed by atoms with Gasteiger partial charge in [0.25, 0.3) is 15.7 Å². The van der Waals surface area contributed by atoms with Crippen LogP contribution in [0.1, 0.15) is 19.8 Å². The van der Waals surface area contributed by atoms with Gasteiger partial charge in [0, 0.05) is 17.2 Å². The van der Waals surface area contributed by atoms with Gasteiger partial charge in [-0.25, -0.2) is 18.1 Å². The van der Waals surface area contributed by atoms with Crippen LogP contribution in [-0.4, -0.2) is 29.5 Å². The number of fused-ring (bicyclic) bond motifs is 1. The Hall–Kier alpha value is -2.21. The summed E-state index contributed by atoms with van der Waals surface area (Å²) in [6, 6.07) is 9.65. The zero-order valence-corrected chi connectivity index (χ0v) is 18.8. The molecule has 12 heteroatoms. The monoisotopic (exact) mass is 485 g/mol. The van der Waals surface area contributed by atoms with Crippen LogP contribution in [0.2, 0.25) is 5.02 Å². The molecule has 1 heterocycles. The van der Waals surface area contributed by atoms with Gasteiger partial charge in [0.1, 0.15) is 0 Å². The lowest BCUT2D eigenvalue weighted by molar-refractivity contribution is -0.384. The molecule has 0 aliphatic carbocycles. The maximum absolute atomic E-state index is 12.7. The van der Waals surface area contributed by atoms with Crippen LogP contribution in [0.4, 0.5) is 5.69 Å². The molecule has 30 heavy (non-hydrogen) atoms. The number of nitrogens with zero attached hydrogens (tertiary/aromatic N) is 2. The highest BCUT2D eigenvalue weighted by Crippen LogP contribution is 2.34. The second-order valence-corrected chi connectivity index (χ2v) is 10.8. The number of thiazole rings is 1. The Balaban J connectivity index is 1.77. The summed E-state index contributed by atoms with van der Waals surface area (Å²) in [6.45, 7) is 1.89. The Morgan fingerprint density at radius 3 is 2.63 bits per heavy atom. The summed E-state index contributed by atoms with van der Waals surface area (Å²) in [5, 5.41) is 10.6. The van der Waals surface area contributed by atoms with Gasteiger partial charge in [0.05, 0.1) is 25.3 Å². The molecule has 8 nitrogen and oxygen atoms in total. The molecule has 1 atom stereocenters. The number of hydrogen-bond donors (Lipinski definition) is 1. The number of benzene rings is 2. The SMILES string of the molecule is CCCC(Sc1nc2cc(Cl)ccc2s1)C(=O)NS(=O)(=O)c1ccc([N+](=O)[O-])cc1. The maximum atomic E-state index is 12.7. The van der Waals surface area contributed by atoms with Crippen LogP contribution in [0, 0.1) is 10.1 Å². The van der Waals surface area contributed by atoms with Crippen molar-refractivity contribution in [2.75, 3.05) is 0 Å². The predicted octanol–water partition coefficient (Wildman–Crippen LogP) is 4.62. The summed E-state index contributed by atoms with van der Waals surface area (Å²) in [7, 11) is -4.16. The molecule has 3 aromatic rings. The molecule has 1 N–H and O–H groups in total. The smallest absolute Gasteiger partial charge is 0.269 e. The minimum absolute atomic E-state index is 0.226. The number of carbonyl (C=O) groups is 1. The van der Waals surface area contributed by atoms with Gasteiger partial charge in [-0.2, -0.15) is 0 Å². The first-order valence-electron chi connectivity index (χ1n) is 8.73. The van der Waals surface area contributed by atoms with Crippen LogP contribution >= 0.6 is 34.7 Å². The summed E-state index contributed by atoms with van der Waals surface area (Å²) in [4.78, 5) is 27.0. The highest BCUT2D eigenvalue weighted by Gasteiger charge is 2.26. The van der Waals surface area contributed by atoms with Crippen LogP contribution in [0.3, 0.4) is 0 Å². The van der Waals surface area contributed by atoms with Crippen LogP contribution < -0.4 is 4.72 Å². The summed E-state index contributed by atoms with van der Waals surface area (Å²) in [6.07, 6.45) is 1.11. The number of carbonyl (C=O) groups excluding carboxylic acids is 1. The molecular formula is C18H16ClN3O5S3. The van der Waals surface area contributed by atoms with Crippen molar-refractivity contribution in [3.05, 3.63) is 57.6 Å². The van der Waals surface area contributed by atoms with Gasteiger partial charge in [-0.05, 0) is 36.8 Å². The molecule has 1 aromatic heterocycles. The number of non-ortho nitro benzene ring substituents is 1. The zero-order valence-electron chi connectivity index (χ0n) is 15.6. The lowest BCUT2D eigenvalue weighted by atomic mass is 10.2. The number of halogens is 1. The fourth-order valence-electron chi connectivity index (χ4n) is 2.56. The standard InChI is InChI=1S/C18H16ClN3O5S3/c1-2-3-16(29-18-20-14-10-11(19)4-9-15(14)28-18)17(23)21-30(26,27)13-7-5-12(6-8-13)22(24)25/h4-10,16H,2-3H2,1H3,(H,21,23). The van der Waals surface area contributed by atoms with E-state index in [4.69, 9.17) is 11.6 Å². The average molecular weight is 486 g/mol. The molecule has 0 saturated heterocycles. The molecule has 3 rings (SSSR count). The van der Waals surface area contributed by atoms with Crippen LogP contribution in [0.15, 0.2) is 51.7 Å². The Morgan fingerprint density at radius 1 is 1.30 bits per heavy atom. The van der Waals surface area contributed by atoms with Crippen LogP contribution in [-0.2, 0) is 14.8 Å².